The second-order valence-electron chi connectivity index (χ2n) is 9.85. The molecule has 4 atom stereocenters. The highest BCUT2D eigenvalue weighted by atomic mass is 19.4. The standard InChI is InChI=1S/C34H26F3NO8/c35-34(36,37)33(38-25-19-11-4-12-20-25)46-32-28(45-31(41)24-17-9-3-10-18-24)27(44-30(40)23-15-7-2-8-16-23)26(21-42-32)43-29(39)22-13-5-1-6-14-22/h1-20,26-28,32H,21H2/t26-,27+,28-,32+/m1/s1. The van der Waals surface area contributed by atoms with E-state index in [0.717, 1.165) is 0 Å². The van der Waals surface area contributed by atoms with Crippen LogP contribution in [-0.2, 0) is 23.7 Å². The number of carbonyl (C=O) groups is 3. The zero-order chi connectivity index (χ0) is 32.5. The number of hydrogen-bond acceptors (Lipinski definition) is 9. The third kappa shape index (κ3) is 8.16. The van der Waals surface area contributed by atoms with Crippen LogP contribution >= 0.6 is 0 Å². The predicted molar refractivity (Wildman–Crippen MR) is 157 cm³/mol. The molecule has 0 spiro atoms. The molecule has 0 unspecified atom stereocenters. The second-order valence-corrected chi connectivity index (χ2v) is 9.85. The number of hydrogen-bond donors (Lipinski definition) is 0. The highest BCUT2D eigenvalue weighted by Crippen LogP contribution is 2.31. The van der Waals surface area contributed by atoms with Gasteiger partial charge in [-0.15, -0.1) is 0 Å². The maximum Gasteiger partial charge on any atom is 0.468 e. The van der Waals surface area contributed by atoms with Gasteiger partial charge in [-0.3, -0.25) is 0 Å². The summed E-state index contributed by atoms with van der Waals surface area (Å²) in [6.45, 7) is -0.591. The average molecular weight is 634 g/mol. The minimum Gasteiger partial charge on any atom is -0.452 e. The largest absolute Gasteiger partial charge is 0.468 e. The van der Waals surface area contributed by atoms with Gasteiger partial charge >= 0.3 is 24.1 Å². The normalized spacial score (nSPS) is 19.8. The molecule has 0 saturated carbocycles. The lowest BCUT2D eigenvalue weighted by Gasteiger charge is -2.40. The van der Waals surface area contributed by atoms with Crippen LogP contribution in [0.15, 0.2) is 126 Å². The number of nitrogens with zero attached hydrogens (tertiary/aromatic N) is 1. The molecule has 0 aliphatic carbocycles. The van der Waals surface area contributed by atoms with Crippen LogP contribution in [0.1, 0.15) is 31.1 Å². The van der Waals surface area contributed by atoms with Crippen LogP contribution in [0.3, 0.4) is 0 Å². The monoisotopic (exact) mass is 633 g/mol. The Morgan fingerprint density at radius 1 is 0.587 bits per heavy atom. The molecule has 1 fully saturated rings. The van der Waals surface area contributed by atoms with Crippen LogP contribution in [0, 0.1) is 0 Å². The lowest BCUT2D eigenvalue weighted by molar-refractivity contribution is -0.251. The number of para-hydroxylation sites is 1. The van der Waals surface area contributed by atoms with Crippen molar-refractivity contribution in [3.05, 3.63) is 138 Å². The van der Waals surface area contributed by atoms with Crippen molar-refractivity contribution in [2.75, 3.05) is 6.61 Å². The van der Waals surface area contributed by atoms with E-state index in [1.54, 1.807) is 60.7 Å². The molecule has 4 aromatic carbocycles. The molecule has 5 rings (SSSR count). The molecule has 1 saturated heterocycles. The number of alkyl halides is 3. The summed E-state index contributed by atoms with van der Waals surface area (Å²) < 4.78 is 70.5. The van der Waals surface area contributed by atoms with Gasteiger partial charge in [-0.05, 0) is 48.5 Å². The second kappa shape index (κ2) is 14.5. The van der Waals surface area contributed by atoms with E-state index < -0.39 is 61.2 Å². The van der Waals surface area contributed by atoms with E-state index in [2.05, 4.69) is 4.99 Å². The Morgan fingerprint density at radius 3 is 1.46 bits per heavy atom. The number of carbonyl (C=O) groups excluding carboxylic acids is 3. The summed E-state index contributed by atoms with van der Waals surface area (Å²) in [6.07, 6.45) is -12.1. The first-order valence-corrected chi connectivity index (χ1v) is 14.0. The first kappa shape index (κ1) is 31.9. The minimum atomic E-state index is -5.11. The highest BCUT2D eigenvalue weighted by Gasteiger charge is 2.52. The van der Waals surface area contributed by atoms with Crippen LogP contribution in [-0.4, -0.2) is 61.2 Å². The van der Waals surface area contributed by atoms with Crippen LogP contribution in [0.25, 0.3) is 0 Å². The molecule has 1 heterocycles. The number of rotatable bonds is 8. The van der Waals surface area contributed by atoms with E-state index in [-0.39, 0.29) is 22.4 Å². The Kier molecular flexibility index (Phi) is 10.1. The van der Waals surface area contributed by atoms with Crippen molar-refractivity contribution in [3.63, 3.8) is 0 Å². The van der Waals surface area contributed by atoms with Gasteiger partial charge in [0.1, 0.15) is 0 Å². The van der Waals surface area contributed by atoms with Crippen molar-refractivity contribution >= 4 is 29.5 Å². The van der Waals surface area contributed by atoms with Gasteiger partial charge in [-0.2, -0.15) is 13.2 Å². The van der Waals surface area contributed by atoms with Crippen molar-refractivity contribution in [1.29, 1.82) is 0 Å². The van der Waals surface area contributed by atoms with Gasteiger partial charge in [0.2, 0.25) is 12.4 Å². The van der Waals surface area contributed by atoms with E-state index >= 15 is 0 Å². The lowest BCUT2D eigenvalue weighted by Crippen LogP contribution is -2.59. The van der Waals surface area contributed by atoms with Gasteiger partial charge in [0.05, 0.1) is 29.0 Å². The molecule has 4 aromatic rings. The van der Waals surface area contributed by atoms with Crippen molar-refractivity contribution in [2.45, 2.75) is 30.8 Å². The van der Waals surface area contributed by atoms with E-state index in [4.69, 9.17) is 23.7 Å². The topological polar surface area (TPSA) is 110 Å². The summed E-state index contributed by atoms with van der Waals surface area (Å²) in [4.78, 5) is 43.1. The minimum absolute atomic E-state index is 0.0341. The third-order valence-electron chi connectivity index (χ3n) is 6.61. The number of esters is 3. The molecular formula is C34H26F3NO8. The molecule has 9 nitrogen and oxygen atoms in total. The van der Waals surface area contributed by atoms with Gasteiger partial charge in [-0.25, -0.2) is 19.4 Å². The molecule has 12 heteroatoms. The number of benzene rings is 4. The Hall–Kier alpha value is -5.49. The molecule has 236 valence electrons. The van der Waals surface area contributed by atoms with Crippen molar-refractivity contribution < 1.29 is 51.2 Å². The molecule has 1 aliphatic rings. The molecular weight excluding hydrogens is 607 g/mol. The fourth-order valence-electron chi connectivity index (χ4n) is 4.41. The van der Waals surface area contributed by atoms with Gasteiger partial charge in [0.15, 0.2) is 12.2 Å². The fourth-order valence-corrected chi connectivity index (χ4v) is 4.41. The summed E-state index contributed by atoms with van der Waals surface area (Å²) in [5, 5.41) is 0. The van der Waals surface area contributed by atoms with Crippen molar-refractivity contribution in [2.24, 2.45) is 4.99 Å². The van der Waals surface area contributed by atoms with Gasteiger partial charge < -0.3 is 23.7 Å². The van der Waals surface area contributed by atoms with E-state index in [1.165, 1.54) is 60.7 Å². The number of halogens is 3. The smallest absolute Gasteiger partial charge is 0.452 e. The quantitative estimate of drug-likeness (QED) is 0.0959. The maximum atomic E-state index is 14.2. The van der Waals surface area contributed by atoms with Crippen LogP contribution < -0.4 is 0 Å². The van der Waals surface area contributed by atoms with E-state index in [0.29, 0.717) is 0 Å². The first-order valence-electron chi connectivity index (χ1n) is 14.0. The summed E-state index contributed by atoms with van der Waals surface area (Å²) in [7, 11) is 0. The van der Waals surface area contributed by atoms with Crippen molar-refractivity contribution in [1.82, 2.24) is 0 Å². The fraction of sp³-hybridized carbons (Fsp3) is 0.176. The van der Waals surface area contributed by atoms with Crippen LogP contribution in [0.4, 0.5) is 18.9 Å². The predicted octanol–water partition coefficient (Wildman–Crippen LogP) is 6.33. The Balaban J connectivity index is 1.53. The van der Waals surface area contributed by atoms with Crippen LogP contribution in [0.2, 0.25) is 0 Å². The average Bonchev–Trinajstić information content (AvgIpc) is 3.07. The van der Waals surface area contributed by atoms with E-state index in [1.807, 2.05) is 0 Å². The molecule has 46 heavy (non-hydrogen) atoms. The molecule has 1 aliphatic heterocycles. The molecule has 0 aromatic heterocycles. The third-order valence-corrected chi connectivity index (χ3v) is 6.61. The molecule has 0 radical (unpaired) electrons. The van der Waals surface area contributed by atoms with Crippen molar-refractivity contribution in [3.8, 4) is 0 Å². The SMILES string of the molecule is O=C(O[C@@H]1[C@@H](OC(=O)c2ccccc2)[C@H](OC(=Nc2ccccc2)C(F)(F)F)OC[C@H]1OC(=O)c1ccccc1)c1ccccc1. The lowest BCUT2D eigenvalue weighted by atomic mass is 10.0. The van der Waals surface area contributed by atoms with E-state index in [9.17, 15) is 27.6 Å². The summed E-state index contributed by atoms with van der Waals surface area (Å²) in [5.41, 5.74) is 0.174. The maximum absolute atomic E-state index is 14.2. The van der Waals surface area contributed by atoms with Crippen LogP contribution in [0.5, 0.6) is 0 Å². The summed E-state index contributed by atoms with van der Waals surface area (Å²) in [6, 6.07) is 30.3. The molecule has 0 bridgehead atoms. The zero-order valence-corrected chi connectivity index (χ0v) is 23.9. The Labute approximate surface area is 261 Å². The van der Waals surface area contributed by atoms with Gasteiger partial charge in [0.25, 0.3) is 5.90 Å². The number of aliphatic imine (C=N–C) groups is 1. The summed E-state index contributed by atoms with van der Waals surface area (Å²) in [5.74, 6) is -4.48. The first-order chi connectivity index (χ1) is 22.2. The van der Waals surface area contributed by atoms with Gasteiger partial charge in [0, 0.05) is 0 Å². The zero-order valence-electron chi connectivity index (χ0n) is 23.9. The Morgan fingerprint density at radius 2 is 1.00 bits per heavy atom. The summed E-state index contributed by atoms with van der Waals surface area (Å²) >= 11 is 0. The Bertz CT molecular complexity index is 1650. The highest BCUT2D eigenvalue weighted by molar-refractivity contribution is 5.91. The van der Waals surface area contributed by atoms with Gasteiger partial charge in [-0.1, -0.05) is 72.8 Å². The molecule has 0 amide bonds. The number of ether oxygens (including phenoxy) is 5. The molecule has 0 N–H and O–H groups in total.